The van der Waals surface area contributed by atoms with Gasteiger partial charge < -0.3 is 5.11 Å². The molecule has 0 fully saturated rings. The highest BCUT2D eigenvalue weighted by Crippen LogP contribution is 2.08. The molecule has 0 saturated carbocycles. The van der Waals surface area contributed by atoms with Gasteiger partial charge in [0.15, 0.2) is 0 Å². The van der Waals surface area contributed by atoms with Crippen LogP contribution in [0.2, 0.25) is 0 Å². The van der Waals surface area contributed by atoms with E-state index >= 15 is 0 Å². The molecular formula is C11H11F2NO4S. The molecule has 0 bridgehead atoms. The van der Waals surface area contributed by atoms with Crippen molar-refractivity contribution in [1.82, 2.24) is 4.72 Å². The van der Waals surface area contributed by atoms with Gasteiger partial charge in [-0.25, -0.2) is 17.9 Å². The molecule has 8 heteroatoms. The van der Waals surface area contributed by atoms with E-state index in [4.69, 9.17) is 5.11 Å². The van der Waals surface area contributed by atoms with Gasteiger partial charge in [-0.1, -0.05) is 24.3 Å². The fourth-order valence-corrected chi connectivity index (χ4v) is 1.65. The van der Waals surface area contributed by atoms with Crippen LogP contribution in [-0.4, -0.2) is 25.3 Å². The van der Waals surface area contributed by atoms with Gasteiger partial charge in [-0.15, -0.1) is 0 Å². The van der Waals surface area contributed by atoms with Crippen LogP contribution in [0, 0.1) is 0 Å². The van der Waals surface area contributed by atoms with Crippen LogP contribution in [0.15, 0.2) is 30.3 Å². The lowest BCUT2D eigenvalue weighted by Crippen LogP contribution is -2.28. The van der Waals surface area contributed by atoms with Gasteiger partial charge in [-0.3, -0.25) is 0 Å². The topological polar surface area (TPSA) is 83.5 Å². The van der Waals surface area contributed by atoms with Gasteiger partial charge in [0, 0.05) is 12.6 Å². The summed E-state index contributed by atoms with van der Waals surface area (Å²) < 4.78 is 47.5. The molecule has 5 nitrogen and oxygen atoms in total. The molecule has 1 aromatic rings. The molecule has 0 aliphatic carbocycles. The maximum Gasteiger partial charge on any atom is 0.350 e. The number of sulfonamides is 1. The summed E-state index contributed by atoms with van der Waals surface area (Å²) in [7, 11) is -4.60. The molecule has 0 amide bonds. The summed E-state index contributed by atoms with van der Waals surface area (Å²) >= 11 is 0. The molecular weight excluding hydrogens is 280 g/mol. The van der Waals surface area contributed by atoms with Crippen molar-refractivity contribution in [3.63, 3.8) is 0 Å². The van der Waals surface area contributed by atoms with Crippen molar-refractivity contribution in [3.05, 3.63) is 41.5 Å². The minimum Gasteiger partial charge on any atom is -0.478 e. The van der Waals surface area contributed by atoms with Crippen LogP contribution in [0.5, 0.6) is 0 Å². The average molecular weight is 291 g/mol. The van der Waals surface area contributed by atoms with Crippen molar-refractivity contribution in [2.24, 2.45) is 0 Å². The number of carboxylic acid groups (broad SMARTS) is 1. The Morgan fingerprint density at radius 2 is 1.89 bits per heavy atom. The van der Waals surface area contributed by atoms with Crippen molar-refractivity contribution in [2.75, 3.05) is 0 Å². The largest absolute Gasteiger partial charge is 0.478 e. The molecule has 0 aliphatic rings. The molecule has 1 aromatic carbocycles. The normalized spacial score (nSPS) is 12.2. The van der Waals surface area contributed by atoms with Crippen LogP contribution in [-0.2, 0) is 21.4 Å². The molecule has 0 atom stereocenters. The number of halogens is 2. The molecule has 0 unspecified atom stereocenters. The predicted molar refractivity (Wildman–Crippen MR) is 64.9 cm³/mol. The fraction of sp³-hybridized carbons (Fsp3) is 0.182. The number of rotatable bonds is 6. The van der Waals surface area contributed by atoms with E-state index in [-0.39, 0.29) is 6.54 Å². The van der Waals surface area contributed by atoms with Crippen molar-refractivity contribution in [1.29, 1.82) is 0 Å². The second-order valence-electron chi connectivity index (χ2n) is 3.54. The molecule has 104 valence electrons. The molecule has 0 radical (unpaired) electrons. The van der Waals surface area contributed by atoms with E-state index in [2.05, 4.69) is 0 Å². The standard InChI is InChI=1S/C11H11F2NO4S/c12-11(13)19(17,18)14-7-9-3-1-8(2-4-9)5-6-10(15)16/h1-6,11,14H,7H2,(H,15,16)/b6-5+. The van der Waals surface area contributed by atoms with Gasteiger partial charge in [0.1, 0.15) is 0 Å². The van der Waals surface area contributed by atoms with Crippen LogP contribution in [0.3, 0.4) is 0 Å². The maximum absolute atomic E-state index is 12.0. The molecule has 0 spiro atoms. The Morgan fingerprint density at radius 1 is 1.32 bits per heavy atom. The highest BCUT2D eigenvalue weighted by Gasteiger charge is 2.22. The number of hydrogen-bond acceptors (Lipinski definition) is 3. The van der Waals surface area contributed by atoms with Crippen molar-refractivity contribution >= 4 is 22.1 Å². The first-order chi connectivity index (χ1) is 8.81. The molecule has 0 aromatic heterocycles. The Balaban J connectivity index is 2.65. The Kier molecular flexibility index (Phi) is 5.13. The summed E-state index contributed by atoms with van der Waals surface area (Å²) in [6, 6.07) is 6.11. The van der Waals surface area contributed by atoms with Crippen LogP contribution in [0.4, 0.5) is 8.78 Å². The number of benzene rings is 1. The Morgan fingerprint density at radius 3 is 2.37 bits per heavy atom. The SMILES string of the molecule is O=C(O)/C=C/c1ccc(CNS(=O)(=O)C(F)F)cc1. The number of nitrogens with one attached hydrogen (secondary N) is 1. The number of alkyl halides is 2. The van der Waals surface area contributed by atoms with Crippen LogP contribution < -0.4 is 4.72 Å². The maximum atomic E-state index is 12.0. The second kappa shape index (κ2) is 6.39. The quantitative estimate of drug-likeness (QED) is 0.777. The highest BCUT2D eigenvalue weighted by molar-refractivity contribution is 7.89. The number of hydrogen-bond donors (Lipinski definition) is 2. The van der Waals surface area contributed by atoms with E-state index in [9.17, 15) is 22.0 Å². The lowest BCUT2D eigenvalue weighted by atomic mass is 10.1. The third-order valence-corrected chi connectivity index (χ3v) is 3.13. The summed E-state index contributed by atoms with van der Waals surface area (Å²) in [4.78, 5) is 10.3. The van der Waals surface area contributed by atoms with E-state index in [1.54, 1.807) is 16.9 Å². The first-order valence-electron chi connectivity index (χ1n) is 5.08. The summed E-state index contributed by atoms with van der Waals surface area (Å²) in [5.41, 5.74) is 1.08. The van der Waals surface area contributed by atoms with Gasteiger partial charge in [0.25, 0.3) is 10.0 Å². The van der Waals surface area contributed by atoms with Gasteiger partial charge in [0.05, 0.1) is 0 Å². The molecule has 1 rings (SSSR count). The van der Waals surface area contributed by atoms with Gasteiger partial charge in [-0.05, 0) is 17.2 Å². The summed E-state index contributed by atoms with van der Waals surface area (Å²) in [6.45, 7) is -0.254. The van der Waals surface area contributed by atoms with E-state index < -0.39 is 21.8 Å². The number of carboxylic acids is 1. The molecule has 19 heavy (non-hydrogen) atoms. The zero-order valence-electron chi connectivity index (χ0n) is 9.58. The van der Waals surface area contributed by atoms with E-state index in [1.807, 2.05) is 0 Å². The zero-order chi connectivity index (χ0) is 14.5. The van der Waals surface area contributed by atoms with Gasteiger partial charge in [0.2, 0.25) is 0 Å². The van der Waals surface area contributed by atoms with Crippen molar-refractivity contribution in [3.8, 4) is 0 Å². The Labute approximate surface area is 108 Å². The third kappa shape index (κ3) is 5.14. The lowest BCUT2D eigenvalue weighted by molar-refractivity contribution is -0.131. The van der Waals surface area contributed by atoms with Crippen LogP contribution >= 0.6 is 0 Å². The van der Waals surface area contributed by atoms with Crippen LogP contribution in [0.25, 0.3) is 6.08 Å². The Bertz CT molecular complexity index is 567. The molecule has 0 aliphatic heterocycles. The number of aliphatic carboxylic acids is 1. The summed E-state index contributed by atoms with van der Waals surface area (Å²) in [5, 5.41) is 8.42. The van der Waals surface area contributed by atoms with Crippen molar-refractivity contribution in [2.45, 2.75) is 12.3 Å². The lowest BCUT2D eigenvalue weighted by Gasteiger charge is -2.05. The predicted octanol–water partition coefficient (Wildman–Crippen LogP) is 1.43. The highest BCUT2D eigenvalue weighted by atomic mass is 32.2. The van der Waals surface area contributed by atoms with Gasteiger partial charge in [-0.2, -0.15) is 8.78 Å². The molecule has 2 N–H and O–H groups in total. The monoisotopic (exact) mass is 291 g/mol. The fourth-order valence-electron chi connectivity index (χ4n) is 1.16. The smallest absolute Gasteiger partial charge is 0.350 e. The minimum atomic E-state index is -4.60. The van der Waals surface area contributed by atoms with E-state index in [0.29, 0.717) is 11.1 Å². The van der Waals surface area contributed by atoms with Crippen LogP contribution in [0.1, 0.15) is 11.1 Å². The summed E-state index contributed by atoms with van der Waals surface area (Å²) in [6.07, 6.45) is 2.31. The first-order valence-corrected chi connectivity index (χ1v) is 6.62. The van der Waals surface area contributed by atoms with Crippen molar-refractivity contribution < 1.29 is 27.1 Å². The first kappa shape index (κ1) is 15.3. The summed E-state index contributed by atoms with van der Waals surface area (Å²) in [5.74, 6) is -4.56. The third-order valence-electron chi connectivity index (χ3n) is 2.11. The second-order valence-corrected chi connectivity index (χ2v) is 5.27. The van der Waals surface area contributed by atoms with E-state index in [1.165, 1.54) is 18.2 Å². The Hall–Kier alpha value is -1.80. The molecule has 0 saturated heterocycles. The zero-order valence-corrected chi connectivity index (χ0v) is 10.4. The average Bonchev–Trinajstić information content (AvgIpc) is 2.35. The number of carbonyl (C=O) groups is 1. The minimum absolute atomic E-state index is 0.254. The van der Waals surface area contributed by atoms with E-state index in [0.717, 1.165) is 6.08 Å². The molecule has 0 heterocycles. The van der Waals surface area contributed by atoms with Gasteiger partial charge >= 0.3 is 11.7 Å².